The Kier molecular flexibility index (Phi) is 5.40. The summed E-state index contributed by atoms with van der Waals surface area (Å²) in [5.41, 5.74) is 9.60. The highest BCUT2D eigenvalue weighted by atomic mass is 16.5. The lowest BCUT2D eigenvalue weighted by molar-refractivity contribution is 0.138. The molecule has 0 spiro atoms. The molecular weight excluding hydrogens is 386 g/mol. The molecule has 0 radical (unpaired) electrons. The summed E-state index contributed by atoms with van der Waals surface area (Å²) in [6, 6.07) is 16.4. The van der Waals surface area contributed by atoms with Crippen molar-refractivity contribution < 1.29 is 4.74 Å². The topological polar surface area (TPSA) is 67.5 Å². The maximum absolute atomic E-state index is 6.32. The Bertz CT molecular complexity index is 1080. The minimum atomic E-state index is 0.409. The number of ether oxygens (including phenoxy) is 1. The van der Waals surface area contributed by atoms with E-state index < -0.39 is 0 Å². The maximum atomic E-state index is 6.32. The van der Waals surface area contributed by atoms with E-state index in [4.69, 9.17) is 15.5 Å². The average molecular weight is 418 g/mol. The van der Waals surface area contributed by atoms with Crippen molar-refractivity contribution in [2.45, 2.75) is 51.7 Å². The second kappa shape index (κ2) is 8.35. The number of anilines is 2. The van der Waals surface area contributed by atoms with Gasteiger partial charge in [0, 0.05) is 35.3 Å². The SMILES string of the molecule is CC(C)N1CCC[C@H]1COc1nc(N)c2c(n1)CN(c1cccc3ccccc13)CC2. The molecule has 0 bridgehead atoms. The predicted octanol–water partition coefficient (Wildman–Crippen LogP) is 4.03. The summed E-state index contributed by atoms with van der Waals surface area (Å²) in [6.45, 7) is 7.86. The van der Waals surface area contributed by atoms with Gasteiger partial charge in [-0.3, -0.25) is 4.90 Å². The fraction of sp³-hybridized carbons (Fsp3) is 0.440. The maximum Gasteiger partial charge on any atom is 0.318 e. The molecule has 3 heterocycles. The molecule has 162 valence electrons. The number of hydrogen-bond acceptors (Lipinski definition) is 6. The third-order valence-electron chi connectivity index (χ3n) is 6.67. The minimum absolute atomic E-state index is 0.409. The fourth-order valence-corrected chi connectivity index (χ4v) is 5.08. The average Bonchev–Trinajstić information content (AvgIpc) is 3.26. The molecule has 2 aliphatic rings. The molecule has 1 fully saturated rings. The highest BCUT2D eigenvalue weighted by Gasteiger charge is 2.28. The van der Waals surface area contributed by atoms with Crippen molar-refractivity contribution in [2.24, 2.45) is 0 Å². The monoisotopic (exact) mass is 417 g/mol. The molecule has 2 N–H and O–H groups in total. The fourth-order valence-electron chi connectivity index (χ4n) is 5.08. The van der Waals surface area contributed by atoms with Crippen LogP contribution in [0.5, 0.6) is 6.01 Å². The molecule has 2 aromatic carbocycles. The number of nitrogens with two attached hydrogens (primary N) is 1. The van der Waals surface area contributed by atoms with Crippen molar-refractivity contribution in [3.8, 4) is 6.01 Å². The molecule has 0 unspecified atom stereocenters. The molecule has 1 saturated heterocycles. The Morgan fingerprint density at radius 1 is 1.10 bits per heavy atom. The van der Waals surface area contributed by atoms with Crippen LogP contribution >= 0.6 is 0 Å². The first kappa shape index (κ1) is 20.1. The number of nitrogen functional groups attached to an aromatic ring is 1. The van der Waals surface area contributed by atoms with Gasteiger partial charge in [0.25, 0.3) is 0 Å². The van der Waals surface area contributed by atoms with Crippen molar-refractivity contribution >= 4 is 22.3 Å². The van der Waals surface area contributed by atoms with Crippen LogP contribution in [0.2, 0.25) is 0 Å². The summed E-state index contributed by atoms with van der Waals surface area (Å²) in [5, 5.41) is 2.52. The Hall–Kier alpha value is -2.86. The van der Waals surface area contributed by atoms with Gasteiger partial charge in [0.05, 0.1) is 12.2 Å². The van der Waals surface area contributed by atoms with E-state index in [9.17, 15) is 0 Å². The molecule has 1 aromatic heterocycles. The normalized spacial score (nSPS) is 19.2. The second-order valence-corrected chi connectivity index (χ2v) is 8.93. The number of aromatic nitrogens is 2. The number of benzene rings is 2. The zero-order chi connectivity index (χ0) is 21.4. The molecule has 6 heteroatoms. The van der Waals surface area contributed by atoms with Crippen LogP contribution in [0, 0.1) is 0 Å². The third-order valence-corrected chi connectivity index (χ3v) is 6.67. The van der Waals surface area contributed by atoms with Gasteiger partial charge in [0.1, 0.15) is 12.4 Å². The molecule has 0 saturated carbocycles. The van der Waals surface area contributed by atoms with Crippen LogP contribution in [-0.4, -0.2) is 46.6 Å². The van der Waals surface area contributed by atoms with Gasteiger partial charge in [-0.1, -0.05) is 36.4 Å². The summed E-state index contributed by atoms with van der Waals surface area (Å²) in [5.74, 6) is 0.560. The number of rotatable bonds is 5. The van der Waals surface area contributed by atoms with Gasteiger partial charge in [-0.2, -0.15) is 9.97 Å². The van der Waals surface area contributed by atoms with Crippen LogP contribution in [-0.2, 0) is 13.0 Å². The van der Waals surface area contributed by atoms with E-state index >= 15 is 0 Å². The molecule has 3 aromatic rings. The lowest BCUT2D eigenvalue weighted by Gasteiger charge is -2.31. The largest absolute Gasteiger partial charge is 0.462 e. The summed E-state index contributed by atoms with van der Waals surface area (Å²) >= 11 is 0. The van der Waals surface area contributed by atoms with E-state index in [2.05, 4.69) is 71.1 Å². The van der Waals surface area contributed by atoms with Crippen molar-refractivity contribution in [3.05, 3.63) is 53.7 Å². The van der Waals surface area contributed by atoms with E-state index in [1.165, 1.54) is 22.9 Å². The van der Waals surface area contributed by atoms with Crippen molar-refractivity contribution in [1.29, 1.82) is 0 Å². The van der Waals surface area contributed by atoms with E-state index in [-0.39, 0.29) is 0 Å². The van der Waals surface area contributed by atoms with E-state index in [0.29, 0.717) is 37.1 Å². The predicted molar refractivity (Wildman–Crippen MR) is 126 cm³/mol. The van der Waals surface area contributed by atoms with Gasteiger partial charge in [-0.25, -0.2) is 0 Å². The quantitative estimate of drug-likeness (QED) is 0.676. The highest BCUT2D eigenvalue weighted by molar-refractivity contribution is 5.94. The molecular formula is C25H31N5O. The first-order valence-corrected chi connectivity index (χ1v) is 11.4. The number of fused-ring (bicyclic) bond motifs is 2. The number of likely N-dealkylation sites (tertiary alicyclic amines) is 1. The Morgan fingerprint density at radius 3 is 2.81 bits per heavy atom. The molecule has 31 heavy (non-hydrogen) atoms. The third kappa shape index (κ3) is 3.92. The minimum Gasteiger partial charge on any atom is -0.462 e. The zero-order valence-corrected chi connectivity index (χ0v) is 18.4. The van der Waals surface area contributed by atoms with Crippen LogP contribution < -0.4 is 15.4 Å². The summed E-state index contributed by atoms with van der Waals surface area (Å²) < 4.78 is 6.07. The molecule has 5 rings (SSSR count). The highest BCUT2D eigenvalue weighted by Crippen LogP contribution is 2.32. The van der Waals surface area contributed by atoms with Gasteiger partial charge < -0.3 is 15.4 Å². The zero-order valence-electron chi connectivity index (χ0n) is 18.4. The van der Waals surface area contributed by atoms with Crippen LogP contribution in [0.15, 0.2) is 42.5 Å². The van der Waals surface area contributed by atoms with Crippen LogP contribution in [0.1, 0.15) is 37.9 Å². The summed E-state index contributed by atoms with van der Waals surface area (Å²) in [4.78, 5) is 14.2. The van der Waals surface area contributed by atoms with Crippen LogP contribution in [0.4, 0.5) is 11.5 Å². The van der Waals surface area contributed by atoms with Crippen molar-refractivity contribution in [2.75, 3.05) is 30.3 Å². The summed E-state index contributed by atoms with van der Waals surface area (Å²) in [6.07, 6.45) is 3.22. The second-order valence-electron chi connectivity index (χ2n) is 8.93. The van der Waals surface area contributed by atoms with Crippen LogP contribution in [0.25, 0.3) is 10.8 Å². The van der Waals surface area contributed by atoms with Crippen molar-refractivity contribution in [3.63, 3.8) is 0 Å². The van der Waals surface area contributed by atoms with Gasteiger partial charge in [0.15, 0.2) is 0 Å². The Balaban J connectivity index is 1.36. The molecule has 0 amide bonds. The van der Waals surface area contributed by atoms with Gasteiger partial charge in [-0.05, 0) is 51.1 Å². The first-order valence-electron chi connectivity index (χ1n) is 11.4. The van der Waals surface area contributed by atoms with Crippen molar-refractivity contribution in [1.82, 2.24) is 14.9 Å². The molecule has 2 aliphatic heterocycles. The number of nitrogens with zero attached hydrogens (tertiary/aromatic N) is 4. The lowest BCUT2D eigenvalue weighted by atomic mass is 10.0. The first-order chi connectivity index (χ1) is 15.1. The Labute approximate surface area is 184 Å². The van der Waals surface area contributed by atoms with Gasteiger partial charge in [-0.15, -0.1) is 0 Å². The molecule has 6 nitrogen and oxygen atoms in total. The standard InChI is InChI=1S/C25H31N5O/c1-17(2)30-13-6-9-19(30)16-31-25-27-22-15-29(14-12-21(22)24(26)28-25)23-11-5-8-18-7-3-4-10-20(18)23/h3-5,7-8,10-11,17,19H,6,9,12-16H2,1-2H3,(H2,26,27,28)/t19-/m0/s1. The smallest absolute Gasteiger partial charge is 0.318 e. The van der Waals surface area contributed by atoms with E-state index in [0.717, 1.165) is 37.2 Å². The summed E-state index contributed by atoms with van der Waals surface area (Å²) in [7, 11) is 0. The molecule has 1 atom stereocenters. The van der Waals surface area contributed by atoms with E-state index in [1.54, 1.807) is 0 Å². The van der Waals surface area contributed by atoms with Gasteiger partial charge >= 0.3 is 6.01 Å². The van der Waals surface area contributed by atoms with Crippen LogP contribution in [0.3, 0.4) is 0 Å². The van der Waals surface area contributed by atoms with Gasteiger partial charge in [0.2, 0.25) is 0 Å². The molecule has 0 aliphatic carbocycles. The Morgan fingerprint density at radius 2 is 1.94 bits per heavy atom. The van der Waals surface area contributed by atoms with E-state index in [1.807, 2.05) is 0 Å². The lowest BCUT2D eigenvalue weighted by Crippen LogP contribution is -2.39. The number of hydrogen-bond donors (Lipinski definition) is 1.